The van der Waals surface area contributed by atoms with Gasteiger partial charge in [0.15, 0.2) is 0 Å². The highest BCUT2D eigenvalue weighted by Gasteiger charge is 2.30. The van der Waals surface area contributed by atoms with Crippen LogP contribution in [-0.4, -0.2) is 5.97 Å². The van der Waals surface area contributed by atoms with Gasteiger partial charge >= 0.3 is 12.1 Å². The third-order valence-electron chi connectivity index (χ3n) is 2.75. The van der Waals surface area contributed by atoms with Crippen LogP contribution in [0.1, 0.15) is 21.5 Å². The molecule has 0 spiro atoms. The van der Waals surface area contributed by atoms with Gasteiger partial charge in [-0.05, 0) is 35.9 Å². The second kappa shape index (κ2) is 5.87. The van der Waals surface area contributed by atoms with Crippen molar-refractivity contribution in [3.05, 3.63) is 65.2 Å². The number of hydrogen-bond acceptors (Lipinski definition) is 3. The molecule has 0 radical (unpaired) electrons. The van der Waals surface area contributed by atoms with Crippen LogP contribution in [-0.2, 0) is 17.5 Å². The van der Waals surface area contributed by atoms with Gasteiger partial charge in [-0.25, -0.2) is 4.79 Å². The molecule has 21 heavy (non-hydrogen) atoms. The summed E-state index contributed by atoms with van der Waals surface area (Å²) in [6.45, 7) is -0.239. The SMILES string of the molecule is Nc1cccc(C(=O)OCc2cccc(C(F)(F)F)c2)c1. The zero-order valence-corrected chi connectivity index (χ0v) is 10.9. The normalized spacial score (nSPS) is 11.2. The summed E-state index contributed by atoms with van der Waals surface area (Å²) >= 11 is 0. The molecule has 110 valence electrons. The van der Waals surface area contributed by atoms with Gasteiger partial charge in [0.05, 0.1) is 11.1 Å². The third-order valence-corrected chi connectivity index (χ3v) is 2.75. The fraction of sp³-hybridized carbons (Fsp3) is 0.133. The zero-order valence-electron chi connectivity index (χ0n) is 10.9. The Morgan fingerprint density at radius 3 is 2.48 bits per heavy atom. The minimum atomic E-state index is -4.42. The third kappa shape index (κ3) is 3.98. The molecule has 0 atom stereocenters. The van der Waals surface area contributed by atoms with Crippen LogP contribution >= 0.6 is 0 Å². The summed E-state index contributed by atoms with van der Waals surface area (Å²) in [6, 6.07) is 10.8. The summed E-state index contributed by atoms with van der Waals surface area (Å²) in [5.74, 6) is -0.639. The average Bonchev–Trinajstić information content (AvgIpc) is 2.44. The van der Waals surface area contributed by atoms with Crippen molar-refractivity contribution < 1.29 is 22.7 Å². The summed E-state index contributed by atoms with van der Waals surface area (Å²) in [7, 11) is 0. The van der Waals surface area contributed by atoms with E-state index in [9.17, 15) is 18.0 Å². The van der Waals surface area contributed by atoms with E-state index in [0.29, 0.717) is 5.69 Å². The van der Waals surface area contributed by atoms with Crippen LogP contribution < -0.4 is 5.73 Å². The van der Waals surface area contributed by atoms with Crippen LogP contribution in [0.5, 0.6) is 0 Å². The molecular weight excluding hydrogens is 283 g/mol. The van der Waals surface area contributed by atoms with E-state index in [-0.39, 0.29) is 17.7 Å². The number of esters is 1. The predicted molar refractivity (Wildman–Crippen MR) is 71.4 cm³/mol. The Labute approximate surface area is 119 Å². The van der Waals surface area contributed by atoms with E-state index in [4.69, 9.17) is 10.5 Å². The number of hydrogen-bond donors (Lipinski definition) is 1. The number of alkyl halides is 3. The number of benzene rings is 2. The summed E-state index contributed by atoms with van der Waals surface area (Å²) in [5.41, 5.74) is 5.68. The molecule has 0 aliphatic carbocycles. The standard InChI is InChI=1S/C15H12F3NO2/c16-15(17,18)12-5-1-3-10(7-12)9-21-14(20)11-4-2-6-13(19)8-11/h1-8H,9,19H2. The minimum Gasteiger partial charge on any atom is -0.457 e. The number of ether oxygens (including phenoxy) is 1. The highest BCUT2D eigenvalue weighted by Crippen LogP contribution is 2.29. The number of carbonyl (C=O) groups is 1. The number of anilines is 1. The molecule has 2 aromatic rings. The first-order valence-electron chi connectivity index (χ1n) is 6.05. The van der Waals surface area contributed by atoms with E-state index in [1.807, 2.05) is 0 Å². The molecule has 0 aliphatic heterocycles. The van der Waals surface area contributed by atoms with Crippen molar-refractivity contribution in [2.24, 2.45) is 0 Å². The summed E-state index contributed by atoms with van der Waals surface area (Å²) in [6.07, 6.45) is -4.42. The van der Waals surface area contributed by atoms with Crippen LogP contribution in [0.15, 0.2) is 48.5 Å². The van der Waals surface area contributed by atoms with Crippen LogP contribution in [0.3, 0.4) is 0 Å². The first-order chi connectivity index (χ1) is 9.86. The summed E-state index contributed by atoms with van der Waals surface area (Å²) in [5, 5.41) is 0. The Balaban J connectivity index is 2.05. The van der Waals surface area contributed by atoms with Crippen molar-refractivity contribution in [3.8, 4) is 0 Å². The van der Waals surface area contributed by atoms with E-state index in [1.54, 1.807) is 12.1 Å². The lowest BCUT2D eigenvalue weighted by molar-refractivity contribution is -0.137. The maximum atomic E-state index is 12.6. The predicted octanol–water partition coefficient (Wildman–Crippen LogP) is 3.64. The van der Waals surface area contributed by atoms with E-state index in [1.165, 1.54) is 24.3 Å². The topological polar surface area (TPSA) is 52.3 Å². The second-order valence-electron chi connectivity index (χ2n) is 4.40. The first kappa shape index (κ1) is 14.9. The Morgan fingerprint density at radius 1 is 1.10 bits per heavy atom. The van der Waals surface area contributed by atoms with Crippen molar-refractivity contribution in [1.29, 1.82) is 0 Å². The highest BCUT2D eigenvalue weighted by molar-refractivity contribution is 5.90. The molecule has 0 saturated heterocycles. The fourth-order valence-corrected chi connectivity index (χ4v) is 1.74. The molecule has 0 heterocycles. The van der Waals surface area contributed by atoms with Gasteiger partial charge in [0.25, 0.3) is 0 Å². The molecule has 2 rings (SSSR count). The minimum absolute atomic E-state index is 0.239. The molecule has 6 heteroatoms. The molecule has 0 aliphatic rings. The Hall–Kier alpha value is -2.50. The monoisotopic (exact) mass is 295 g/mol. The molecular formula is C15H12F3NO2. The molecule has 2 N–H and O–H groups in total. The lowest BCUT2D eigenvalue weighted by atomic mass is 10.1. The van der Waals surface area contributed by atoms with Crippen LogP contribution in [0, 0.1) is 0 Å². The van der Waals surface area contributed by atoms with Gasteiger partial charge in [0.1, 0.15) is 6.61 Å². The van der Waals surface area contributed by atoms with Crippen LogP contribution in [0.4, 0.5) is 18.9 Å². The Bertz CT molecular complexity index is 653. The van der Waals surface area contributed by atoms with E-state index >= 15 is 0 Å². The van der Waals surface area contributed by atoms with Crippen molar-refractivity contribution in [1.82, 2.24) is 0 Å². The van der Waals surface area contributed by atoms with Crippen molar-refractivity contribution >= 4 is 11.7 Å². The van der Waals surface area contributed by atoms with Gasteiger partial charge < -0.3 is 10.5 Å². The Morgan fingerprint density at radius 2 is 1.81 bits per heavy atom. The van der Waals surface area contributed by atoms with Crippen LogP contribution in [0.2, 0.25) is 0 Å². The maximum absolute atomic E-state index is 12.6. The van der Waals surface area contributed by atoms with Gasteiger partial charge in [-0.2, -0.15) is 13.2 Å². The number of rotatable bonds is 3. The average molecular weight is 295 g/mol. The van der Waals surface area contributed by atoms with E-state index < -0.39 is 17.7 Å². The largest absolute Gasteiger partial charge is 0.457 e. The van der Waals surface area contributed by atoms with Crippen molar-refractivity contribution in [2.75, 3.05) is 5.73 Å². The van der Waals surface area contributed by atoms with Gasteiger partial charge in [-0.15, -0.1) is 0 Å². The second-order valence-corrected chi connectivity index (χ2v) is 4.40. The van der Waals surface area contributed by atoms with Gasteiger partial charge in [-0.1, -0.05) is 18.2 Å². The zero-order chi connectivity index (χ0) is 15.5. The smallest absolute Gasteiger partial charge is 0.416 e. The van der Waals surface area contributed by atoms with Crippen molar-refractivity contribution in [2.45, 2.75) is 12.8 Å². The number of nitrogens with two attached hydrogens (primary N) is 1. The Kier molecular flexibility index (Phi) is 4.16. The first-order valence-corrected chi connectivity index (χ1v) is 6.05. The number of nitrogen functional groups attached to an aromatic ring is 1. The molecule has 0 aromatic heterocycles. The van der Waals surface area contributed by atoms with Gasteiger partial charge in [0.2, 0.25) is 0 Å². The molecule has 0 unspecified atom stereocenters. The number of carbonyl (C=O) groups excluding carboxylic acids is 1. The fourth-order valence-electron chi connectivity index (χ4n) is 1.74. The highest BCUT2D eigenvalue weighted by atomic mass is 19.4. The van der Waals surface area contributed by atoms with E-state index in [2.05, 4.69) is 0 Å². The van der Waals surface area contributed by atoms with Crippen LogP contribution in [0.25, 0.3) is 0 Å². The maximum Gasteiger partial charge on any atom is 0.416 e. The number of halogens is 3. The molecule has 0 bridgehead atoms. The molecule has 0 amide bonds. The van der Waals surface area contributed by atoms with Crippen molar-refractivity contribution in [3.63, 3.8) is 0 Å². The van der Waals surface area contributed by atoms with Gasteiger partial charge in [0, 0.05) is 5.69 Å². The molecule has 3 nitrogen and oxygen atoms in total. The summed E-state index contributed by atoms with van der Waals surface area (Å²) < 4.78 is 42.6. The quantitative estimate of drug-likeness (QED) is 0.694. The molecule has 0 fully saturated rings. The van der Waals surface area contributed by atoms with E-state index in [0.717, 1.165) is 12.1 Å². The molecule has 2 aromatic carbocycles. The lowest BCUT2D eigenvalue weighted by Gasteiger charge is -2.09. The molecule has 0 saturated carbocycles. The summed E-state index contributed by atoms with van der Waals surface area (Å²) in [4.78, 5) is 11.8. The van der Waals surface area contributed by atoms with Gasteiger partial charge in [-0.3, -0.25) is 0 Å². The lowest BCUT2D eigenvalue weighted by Crippen LogP contribution is -2.08.